The molecule has 2 rings (SSSR count). The topological polar surface area (TPSA) is 62.3 Å². The van der Waals surface area contributed by atoms with Gasteiger partial charge in [-0.05, 0) is 30.2 Å². The Balaban J connectivity index is 2.14. The molecule has 0 aliphatic carbocycles. The van der Waals surface area contributed by atoms with Gasteiger partial charge in [0.15, 0.2) is 11.5 Å². The highest BCUT2D eigenvalue weighted by Gasteiger charge is 2.08. The van der Waals surface area contributed by atoms with E-state index in [1.165, 1.54) is 0 Å². The van der Waals surface area contributed by atoms with Crippen LogP contribution in [0.3, 0.4) is 0 Å². The summed E-state index contributed by atoms with van der Waals surface area (Å²) in [7, 11) is 3.55. The van der Waals surface area contributed by atoms with Crippen LogP contribution in [0.25, 0.3) is 0 Å². The van der Waals surface area contributed by atoms with Crippen LogP contribution in [0, 0.1) is 0 Å². The van der Waals surface area contributed by atoms with Gasteiger partial charge in [0, 0.05) is 13.6 Å². The van der Waals surface area contributed by atoms with Gasteiger partial charge in [-0.2, -0.15) is 5.10 Å². The van der Waals surface area contributed by atoms with Gasteiger partial charge < -0.3 is 15.2 Å². The minimum atomic E-state index is 0.452. The van der Waals surface area contributed by atoms with E-state index in [-0.39, 0.29) is 0 Å². The van der Waals surface area contributed by atoms with Crippen molar-refractivity contribution >= 4 is 0 Å². The maximum atomic E-state index is 5.85. The Morgan fingerprint density at radius 3 is 2.65 bits per heavy atom. The molecular formula is C15H21N3O2. The van der Waals surface area contributed by atoms with Crippen LogP contribution in [0.4, 0.5) is 0 Å². The quantitative estimate of drug-likeness (QED) is 0.876. The number of aromatic nitrogens is 2. The molecular weight excluding hydrogens is 254 g/mol. The molecule has 0 radical (unpaired) electrons. The van der Waals surface area contributed by atoms with E-state index in [0.29, 0.717) is 24.7 Å². The molecule has 0 aliphatic rings. The molecule has 0 amide bonds. The molecule has 0 aliphatic heterocycles. The number of nitrogens with two attached hydrogens (primary N) is 1. The molecule has 0 fully saturated rings. The summed E-state index contributed by atoms with van der Waals surface area (Å²) in [6.45, 7) is 3.01. The molecule has 2 aromatic rings. The fraction of sp³-hybridized carbons (Fsp3) is 0.400. The van der Waals surface area contributed by atoms with Crippen molar-refractivity contribution in [2.45, 2.75) is 26.5 Å². The van der Waals surface area contributed by atoms with Crippen molar-refractivity contribution in [2.75, 3.05) is 7.11 Å². The van der Waals surface area contributed by atoms with Crippen LogP contribution in [0.5, 0.6) is 11.5 Å². The van der Waals surface area contributed by atoms with Crippen LogP contribution in [0.2, 0.25) is 0 Å². The van der Waals surface area contributed by atoms with Crippen molar-refractivity contribution < 1.29 is 9.47 Å². The number of rotatable bonds is 6. The third-order valence-electron chi connectivity index (χ3n) is 3.23. The number of benzene rings is 1. The average Bonchev–Trinajstić information content (AvgIpc) is 2.85. The Morgan fingerprint density at radius 2 is 2.05 bits per heavy atom. The zero-order chi connectivity index (χ0) is 14.5. The van der Waals surface area contributed by atoms with Crippen molar-refractivity contribution in [1.29, 1.82) is 0 Å². The number of hydrogen-bond donors (Lipinski definition) is 1. The third kappa shape index (κ3) is 3.11. The maximum Gasteiger partial charge on any atom is 0.162 e. The molecule has 0 unspecified atom stereocenters. The number of ether oxygens (including phenoxy) is 2. The number of nitrogens with zero attached hydrogens (tertiary/aromatic N) is 2. The highest BCUT2D eigenvalue weighted by molar-refractivity contribution is 5.43. The van der Waals surface area contributed by atoms with E-state index < -0.39 is 0 Å². The van der Waals surface area contributed by atoms with Gasteiger partial charge in [0.05, 0.1) is 18.5 Å². The monoisotopic (exact) mass is 275 g/mol. The second-order valence-electron chi connectivity index (χ2n) is 4.58. The van der Waals surface area contributed by atoms with Gasteiger partial charge in [-0.15, -0.1) is 0 Å². The zero-order valence-electron chi connectivity index (χ0n) is 12.2. The Labute approximate surface area is 119 Å². The first-order valence-corrected chi connectivity index (χ1v) is 6.69. The first-order chi connectivity index (χ1) is 9.67. The highest BCUT2D eigenvalue weighted by atomic mass is 16.5. The summed E-state index contributed by atoms with van der Waals surface area (Å²) in [6.07, 6.45) is 0.916. The second kappa shape index (κ2) is 6.43. The summed E-state index contributed by atoms with van der Waals surface area (Å²) >= 11 is 0. The first kappa shape index (κ1) is 14.4. The van der Waals surface area contributed by atoms with Crippen LogP contribution in [-0.4, -0.2) is 16.9 Å². The standard InChI is InChI=1S/C15H21N3O2/c1-4-12-8-13(18(2)17-12)10-20-15-7-11(9-16)5-6-14(15)19-3/h5-8H,4,9-10,16H2,1-3H3. The summed E-state index contributed by atoms with van der Waals surface area (Å²) in [6, 6.07) is 7.78. The molecule has 1 heterocycles. The van der Waals surface area contributed by atoms with E-state index in [1.54, 1.807) is 7.11 Å². The Hall–Kier alpha value is -2.01. The third-order valence-corrected chi connectivity index (χ3v) is 3.23. The maximum absolute atomic E-state index is 5.85. The van der Waals surface area contributed by atoms with Crippen molar-refractivity contribution in [1.82, 2.24) is 9.78 Å². The molecule has 0 spiro atoms. The molecule has 20 heavy (non-hydrogen) atoms. The van der Waals surface area contributed by atoms with E-state index in [1.807, 2.05) is 29.9 Å². The summed E-state index contributed by atoms with van der Waals surface area (Å²) < 4.78 is 13.0. The lowest BCUT2D eigenvalue weighted by Gasteiger charge is -2.12. The minimum absolute atomic E-state index is 0.452. The fourth-order valence-electron chi connectivity index (χ4n) is 1.99. The van der Waals surface area contributed by atoms with Crippen LogP contribution < -0.4 is 15.2 Å². The lowest BCUT2D eigenvalue weighted by atomic mass is 10.2. The van der Waals surface area contributed by atoms with Gasteiger partial charge in [-0.1, -0.05) is 13.0 Å². The van der Waals surface area contributed by atoms with E-state index in [4.69, 9.17) is 15.2 Å². The van der Waals surface area contributed by atoms with Gasteiger partial charge in [-0.3, -0.25) is 4.68 Å². The molecule has 0 bridgehead atoms. The van der Waals surface area contributed by atoms with Crippen LogP contribution in [0.15, 0.2) is 24.3 Å². The van der Waals surface area contributed by atoms with E-state index in [2.05, 4.69) is 18.1 Å². The van der Waals surface area contributed by atoms with Crippen LogP contribution in [0.1, 0.15) is 23.9 Å². The van der Waals surface area contributed by atoms with Crippen molar-refractivity contribution in [3.05, 3.63) is 41.2 Å². The van der Waals surface area contributed by atoms with Crippen LogP contribution in [-0.2, 0) is 26.6 Å². The van der Waals surface area contributed by atoms with Gasteiger partial charge in [0.2, 0.25) is 0 Å². The molecule has 0 saturated heterocycles. The zero-order valence-corrected chi connectivity index (χ0v) is 12.2. The number of aryl methyl sites for hydroxylation is 2. The lowest BCUT2D eigenvalue weighted by Crippen LogP contribution is -2.05. The number of hydrogen-bond acceptors (Lipinski definition) is 4. The molecule has 0 saturated carbocycles. The van der Waals surface area contributed by atoms with Crippen LogP contribution >= 0.6 is 0 Å². The van der Waals surface area contributed by atoms with E-state index in [0.717, 1.165) is 23.4 Å². The lowest BCUT2D eigenvalue weighted by molar-refractivity contribution is 0.275. The molecule has 1 aromatic carbocycles. The van der Waals surface area contributed by atoms with Crippen molar-refractivity contribution in [3.63, 3.8) is 0 Å². The molecule has 5 nitrogen and oxygen atoms in total. The summed E-state index contributed by atoms with van der Waals surface area (Å²) in [5.41, 5.74) is 8.76. The Bertz CT molecular complexity index is 578. The minimum Gasteiger partial charge on any atom is -0.493 e. The predicted octanol–water partition coefficient (Wildman–Crippen LogP) is 2.03. The molecule has 0 atom stereocenters. The normalized spacial score (nSPS) is 10.6. The Kier molecular flexibility index (Phi) is 4.63. The highest BCUT2D eigenvalue weighted by Crippen LogP contribution is 2.28. The van der Waals surface area contributed by atoms with E-state index >= 15 is 0 Å². The largest absolute Gasteiger partial charge is 0.493 e. The van der Waals surface area contributed by atoms with E-state index in [9.17, 15) is 0 Å². The van der Waals surface area contributed by atoms with Crippen molar-refractivity contribution in [3.8, 4) is 11.5 Å². The smallest absolute Gasteiger partial charge is 0.162 e. The van der Waals surface area contributed by atoms with Gasteiger partial charge >= 0.3 is 0 Å². The molecule has 2 N–H and O–H groups in total. The Morgan fingerprint density at radius 1 is 1.25 bits per heavy atom. The first-order valence-electron chi connectivity index (χ1n) is 6.69. The second-order valence-corrected chi connectivity index (χ2v) is 4.58. The summed E-state index contributed by atoms with van der Waals surface area (Å²) in [5, 5.41) is 4.40. The summed E-state index contributed by atoms with van der Waals surface area (Å²) in [4.78, 5) is 0. The van der Waals surface area contributed by atoms with Gasteiger partial charge in [0.1, 0.15) is 6.61 Å². The van der Waals surface area contributed by atoms with Gasteiger partial charge in [-0.25, -0.2) is 0 Å². The fourth-order valence-corrected chi connectivity index (χ4v) is 1.99. The number of methoxy groups -OCH3 is 1. The predicted molar refractivity (Wildman–Crippen MR) is 77.8 cm³/mol. The SMILES string of the molecule is CCc1cc(COc2cc(CN)ccc2OC)n(C)n1. The molecule has 1 aromatic heterocycles. The summed E-state index contributed by atoms with van der Waals surface area (Å²) in [5.74, 6) is 1.41. The molecule has 108 valence electrons. The average molecular weight is 275 g/mol. The van der Waals surface area contributed by atoms with Crippen molar-refractivity contribution in [2.24, 2.45) is 12.8 Å². The molecule has 5 heteroatoms. The van der Waals surface area contributed by atoms with Gasteiger partial charge in [0.25, 0.3) is 0 Å².